The molecular weight excluding hydrogens is 536 g/mol. The Balaban J connectivity index is 1.59. The molecule has 208 valence electrons. The van der Waals surface area contributed by atoms with E-state index in [1.165, 1.54) is 45.9 Å². The summed E-state index contributed by atoms with van der Waals surface area (Å²) in [5, 5.41) is 0.347. The monoisotopic (exact) mass is 560 g/mol. The lowest BCUT2D eigenvalue weighted by Crippen LogP contribution is -2.38. The van der Waals surface area contributed by atoms with Gasteiger partial charge in [-0.15, -0.1) is 0 Å². The summed E-state index contributed by atoms with van der Waals surface area (Å²) in [5.41, 5.74) is 0.545. The van der Waals surface area contributed by atoms with Crippen LogP contribution in [0.2, 0.25) is 0 Å². The average Bonchev–Trinajstić information content (AvgIpc) is 2.96. The van der Waals surface area contributed by atoms with E-state index < -0.39 is 35.1 Å². The Labute approximate surface area is 232 Å². The van der Waals surface area contributed by atoms with Crippen LogP contribution in [0.4, 0.5) is 17.6 Å². The molecule has 0 aliphatic rings. The third-order valence-electron chi connectivity index (χ3n) is 6.74. The van der Waals surface area contributed by atoms with Crippen LogP contribution in [0.1, 0.15) is 35.6 Å². The maximum absolute atomic E-state index is 13.8. The first-order valence-corrected chi connectivity index (χ1v) is 12.7. The van der Waals surface area contributed by atoms with Crippen molar-refractivity contribution < 1.29 is 22.4 Å². The molecule has 2 heterocycles. The predicted octanol–water partition coefficient (Wildman–Crippen LogP) is 6.27. The SMILES string of the molecule is CC(c1nc2ccccc2c(=O)n1-c1ccc(F)cc1)N(Cc1ccccn1)C(=O)Cc1ccc(C(F)(F)F)cc1. The lowest BCUT2D eigenvalue weighted by Gasteiger charge is -2.30. The van der Waals surface area contributed by atoms with E-state index in [2.05, 4.69) is 4.98 Å². The molecule has 3 aromatic carbocycles. The summed E-state index contributed by atoms with van der Waals surface area (Å²) in [6, 6.07) is 21.0. The summed E-state index contributed by atoms with van der Waals surface area (Å²) in [5.74, 6) is -0.651. The van der Waals surface area contributed by atoms with Gasteiger partial charge in [0.1, 0.15) is 11.6 Å². The topological polar surface area (TPSA) is 68.1 Å². The summed E-state index contributed by atoms with van der Waals surface area (Å²) in [6.07, 6.45) is -3.10. The van der Waals surface area contributed by atoms with Crippen LogP contribution in [-0.4, -0.2) is 25.3 Å². The number of para-hydroxylation sites is 1. The van der Waals surface area contributed by atoms with Crippen LogP contribution in [0.3, 0.4) is 0 Å². The Kier molecular flexibility index (Phi) is 7.65. The van der Waals surface area contributed by atoms with Gasteiger partial charge < -0.3 is 4.90 Å². The zero-order chi connectivity index (χ0) is 29.1. The number of fused-ring (bicyclic) bond motifs is 1. The fraction of sp³-hybridized carbons (Fsp3) is 0.161. The van der Waals surface area contributed by atoms with Crippen molar-refractivity contribution in [1.82, 2.24) is 19.4 Å². The van der Waals surface area contributed by atoms with E-state index in [1.807, 2.05) is 0 Å². The Morgan fingerprint density at radius 3 is 2.27 bits per heavy atom. The van der Waals surface area contributed by atoms with E-state index in [0.29, 0.717) is 27.8 Å². The molecule has 0 saturated carbocycles. The van der Waals surface area contributed by atoms with Gasteiger partial charge in [-0.3, -0.25) is 19.1 Å². The first-order valence-electron chi connectivity index (χ1n) is 12.7. The molecule has 1 atom stereocenters. The van der Waals surface area contributed by atoms with Crippen LogP contribution in [0, 0.1) is 5.82 Å². The van der Waals surface area contributed by atoms with Crippen LogP contribution in [0.25, 0.3) is 16.6 Å². The molecule has 0 aliphatic carbocycles. The van der Waals surface area contributed by atoms with Crippen LogP contribution >= 0.6 is 0 Å². The third-order valence-corrected chi connectivity index (χ3v) is 6.74. The van der Waals surface area contributed by atoms with Crippen LogP contribution in [0.5, 0.6) is 0 Å². The van der Waals surface area contributed by atoms with Crippen molar-refractivity contribution in [2.24, 2.45) is 0 Å². The van der Waals surface area contributed by atoms with E-state index in [4.69, 9.17) is 4.98 Å². The van der Waals surface area contributed by atoms with Crippen molar-refractivity contribution in [3.8, 4) is 5.69 Å². The minimum Gasteiger partial charge on any atom is -0.327 e. The van der Waals surface area contributed by atoms with E-state index in [-0.39, 0.29) is 18.8 Å². The number of amides is 1. The Bertz CT molecular complexity index is 1740. The van der Waals surface area contributed by atoms with E-state index >= 15 is 0 Å². The molecule has 0 aliphatic heterocycles. The third kappa shape index (κ3) is 6.01. The second kappa shape index (κ2) is 11.3. The molecule has 41 heavy (non-hydrogen) atoms. The smallest absolute Gasteiger partial charge is 0.327 e. The van der Waals surface area contributed by atoms with E-state index in [1.54, 1.807) is 55.6 Å². The first-order chi connectivity index (χ1) is 19.6. The number of carbonyl (C=O) groups excluding carboxylic acids is 1. The van der Waals surface area contributed by atoms with Gasteiger partial charge in [-0.25, -0.2) is 9.37 Å². The van der Waals surface area contributed by atoms with Crippen molar-refractivity contribution in [2.45, 2.75) is 32.1 Å². The number of pyridine rings is 1. The Morgan fingerprint density at radius 1 is 0.927 bits per heavy atom. The fourth-order valence-electron chi connectivity index (χ4n) is 4.60. The fourth-order valence-corrected chi connectivity index (χ4v) is 4.60. The Morgan fingerprint density at radius 2 is 1.61 bits per heavy atom. The van der Waals surface area contributed by atoms with E-state index in [0.717, 1.165) is 12.1 Å². The Hall–Kier alpha value is -4.86. The van der Waals surface area contributed by atoms with E-state index in [9.17, 15) is 27.2 Å². The van der Waals surface area contributed by atoms with Gasteiger partial charge in [0.25, 0.3) is 5.56 Å². The largest absolute Gasteiger partial charge is 0.416 e. The highest BCUT2D eigenvalue weighted by molar-refractivity contribution is 5.80. The van der Waals surface area contributed by atoms with Crippen molar-refractivity contribution in [3.63, 3.8) is 0 Å². The van der Waals surface area contributed by atoms with Gasteiger partial charge >= 0.3 is 6.18 Å². The second-order valence-corrected chi connectivity index (χ2v) is 9.49. The molecule has 5 rings (SSSR count). The molecule has 6 nitrogen and oxygen atoms in total. The number of halogens is 4. The summed E-state index contributed by atoms with van der Waals surface area (Å²) < 4.78 is 54.3. The lowest BCUT2D eigenvalue weighted by molar-refractivity contribution is -0.137. The average molecular weight is 561 g/mol. The summed E-state index contributed by atoms with van der Waals surface area (Å²) in [4.78, 5) is 38.1. The number of aromatic nitrogens is 3. The number of hydrogen-bond acceptors (Lipinski definition) is 4. The highest BCUT2D eigenvalue weighted by Crippen LogP contribution is 2.30. The molecule has 0 N–H and O–H groups in total. The number of alkyl halides is 3. The molecular formula is C31H24F4N4O2. The second-order valence-electron chi connectivity index (χ2n) is 9.49. The maximum Gasteiger partial charge on any atom is 0.416 e. The highest BCUT2D eigenvalue weighted by Gasteiger charge is 2.31. The highest BCUT2D eigenvalue weighted by atomic mass is 19.4. The maximum atomic E-state index is 13.8. The first kappa shape index (κ1) is 27.7. The molecule has 2 aromatic heterocycles. The summed E-state index contributed by atoms with van der Waals surface area (Å²) in [7, 11) is 0. The number of carbonyl (C=O) groups is 1. The van der Waals surface area contributed by atoms with Crippen LogP contribution in [-0.2, 0) is 23.9 Å². The van der Waals surface area contributed by atoms with Gasteiger partial charge in [0, 0.05) is 6.20 Å². The lowest BCUT2D eigenvalue weighted by atomic mass is 10.1. The standard InChI is InChI=1S/C31H24F4N4O2/c1-20(29-37-27-8-3-2-7-26(27)30(41)39(29)25-15-13-23(32)14-16-25)38(19-24-6-4-5-17-36-24)28(40)18-21-9-11-22(12-10-21)31(33,34)35/h2-17,20H,18-19H2,1H3. The molecule has 0 saturated heterocycles. The zero-order valence-electron chi connectivity index (χ0n) is 21.8. The normalized spacial score (nSPS) is 12.3. The summed E-state index contributed by atoms with van der Waals surface area (Å²) >= 11 is 0. The van der Waals surface area contributed by atoms with Gasteiger partial charge in [0.15, 0.2) is 0 Å². The van der Waals surface area contributed by atoms with Gasteiger partial charge in [-0.2, -0.15) is 13.2 Å². The van der Waals surface area contributed by atoms with Gasteiger partial charge in [-0.1, -0.05) is 30.3 Å². The van der Waals surface area contributed by atoms with Crippen LogP contribution < -0.4 is 5.56 Å². The molecule has 1 unspecified atom stereocenters. The van der Waals surface area contributed by atoms with Crippen molar-refractivity contribution >= 4 is 16.8 Å². The van der Waals surface area contributed by atoms with Gasteiger partial charge in [0.2, 0.25) is 5.91 Å². The van der Waals surface area contributed by atoms with Crippen molar-refractivity contribution in [1.29, 1.82) is 0 Å². The summed E-state index contributed by atoms with van der Waals surface area (Å²) in [6.45, 7) is 1.76. The molecule has 0 fully saturated rings. The minimum atomic E-state index is -4.49. The quantitative estimate of drug-likeness (QED) is 0.220. The number of nitrogens with zero attached hydrogens (tertiary/aromatic N) is 4. The molecule has 0 radical (unpaired) electrons. The van der Waals surface area contributed by atoms with Gasteiger partial charge in [-0.05, 0) is 73.2 Å². The molecule has 10 heteroatoms. The number of hydrogen-bond donors (Lipinski definition) is 0. The van der Waals surface area contributed by atoms with Crippen molar-refractivity contribution in [3.05, 3.63) is 136 Å². The molecule has 0 spiro atoms. The zero-order valence-corrected chi connectivity index (χ0v) is 21.8. The van der Waals surface area contributed by atoms with Crippen LogP contribution in [0.15, 0.2) is 102 Å². The molecule has 0 bridgehead atoms. The number of rotatable bonds is 7. The minimum absolute atomic E-state index is 0.0492. The van der Waals surface area contributed by atoms with Crippen molar-refractivity contribution in [2.75, 3.05) is 0 Å². The number of benzene rings is 3. The molecule has 5 aromatic rings. The van der Waals surface area contributed by atoms with Gasteiger partial charge in [0.05, 0.1) is 46.9 Å². The molecule has 1 amide bonds. The predicted molar refractivity (Wildman–Crippen MR) is 146 cm³/mol.